The lowest BCUT2D eigenvalue weighted by Crippen LogP contribution is -2.20. The molecule has 3 N–H and O–H groups in total. The fourth-order valence-corrected chi connectivity index (χ4v) is 2.77. The van der Waals surface area contributed by atoms with Crippen molar-refractivity contribution in [3.05, 3.63) is 65.5 Å². The molecule has 1 aromatic heterocycles. The summed E-state index contributed by atoms with van der Waals surface area (Å²) in [5.41, 5.74) is 3.85. The molecule has 1 heterocycles. The molecule has 1 atom stereocenters. The van der Waals surface area contributed by atoms with Crippen LogP contribution in [0.5, 0.6) is 0 Å². The molecule has 2 rings (SSSR count). The van der Waals surface area contributed by atoms with Gasteiger partial charge in [0, 0.05) is 28.9 Å². The molecule has 26 heavy (non-hydrogen) atoms. The van der Waals surface area contributed by atoms with Crippen molar-refractivity contribution in [1.82, 2.24) is 4.98 Å². The van der Waals surface area contributed by atoms with E-state index in [-0.39, 0.29) is 5.75 Å². The van der Waals surface area contributed by atoms with Gasteiger partial charge in [-0.15, -0.1) is 0 Å². The van der Waals surface area contributed by atoms with Gasteiger partial charge in [-0.2, -0.15) is 13.2 Å². The van der Waals surface area contributed by atoms with Crippen molar-refractivity contribution in [1.29, 1.82) is 0 Å². The van der Waals surface area contributed by atoms with E-state index in [4.69, 9.17) is 10.8 Å². The summed E-state index contributed by atoms with van der Waals surface area (Å²) >= 11 is 0. The molecule has 0 radical (unpaired) electrons. The molecule has 6 nitrogen and oxygen atoms in total. The van der Waals surface area contributed by atoms with Gasteiger partial charge in [0.05, 0.1) is 11.1 Å². The third-order valence-corrected chi connectivity index (χ3v) is 4.09. The SMILES string of the molecule is NC(=O)CS(=O)Cc1ccccc1.O=C(O)c1cnccc1C(F)(F)F. The van der Waals surface area contributed by atoms with Crippen molar-refractivity contribution in [2.75, 3.05) is 5.75 Å². The first kappa shape index (κ1) is 21.3. The van der Waals surface area contributed by atoms with Gasteiger partial charge >= 0.3 is 12.1 Å². The number of hydrogen-bond acceptors (Lipinski definition) is 4. The first-order chi connectivity index (χ1) is 12.1. The molecule has 0 aliphatic heterocycles. The number of halogens is 3. The Kier molecular flexibility index (Phi) is 7.91. The molecule has 0 saturated heterocycles. The van der Waals surface area contributed by atoms with Crippen molar-refractivity contribution >= 4 is 22.7 Å². The summed E-state index contributed by atoms with van der Waals surface area (Å²) in [6.07, 6.45) is -3.09. The van der Waals surface area contributed by atoms with Crippen LogP contribution in [-0.4, -0.2) is 31.9 Å². The molecule has 0 aliphatic carbocycles. The van der Waals surface area contributed by atoms with Crippen LogP contribution in [0, 0.1) is 0 Å². The van der Waals surface area contributed by atoms with Crippen LogP contribution >= 0.6 is 0 Å². The minimum Gasteiger partial charge on any atom is -0.478 e. The first-order valence-corrected chi connectivity index (χ1v) is 8.51. The molecular formula is C16H15F3N2O4S. The van der Waals surface area contributed by atoms with Gasteiger partial charge in [-0.25, -0.2) is 4.79 Å². The molecule has 2 aromatic rings. The number of nitrogens with zero attached hydrogens (tertiary/aromatic N) is 1. The maximum absolute atomic E-state index is 12.1. The lowest BCUT2D eigenvalue weighted by atomic mass is 10.1. The van der Waals surface area contributed by atoms with Gasteiger partial charge in [0.1, 0.15) is 5.75 Å². The number of primary amides is 1. The van der Waals surface area contributed by atoms with E-state index in [1.807, 2.05) is 30.3 Å². The number of hydrogen-bond donors (Lipinski definition) is 2. The zero-order valence-electron chi connectivity index (χ0n) is 13.3. The summed E-state index contributed by atoms with van der Waals surface area (Å²) in [6.45, 7) is 0. The van der Waals surface area contributed by atoms with Crippen LogP contribution in [-0.2, 0) is 27.5 Å². The number of carboxylic acids is 1. The predicted molar refractivity (Wildman–Crippen MR) is 88.5 cm³/mol. The minimum atomic E-state index is -4.66. The summed E-state index contributed by atoms with van der Waals surface area (Å²) in [5.74, 6) is -1.83. The number of alkyl halides is 3. The highest BCUT2D eigenvalue weighted by atomic mass is 32.2. The molecule has 0 bridgehead atoms. The molecule has 0 aliphatic rings. The van der Waals surface area contributed by atoms with E-state index in [1.54, 1.807) is 0 Å². The molecule has 1 unspecified atom stereocenters. The largest absolute Gasteiger partial charge is 0.478 e. The summed E-state index contributed by atoms with van der Waals surface area (Å²) < 4.78 is 47.6. The molecule has 1 aromatic carbocycles. The maximum atomic E-state index is 12.1. The van der Waals surface area contributed by atoms with Crippen molar-refractivity contribution < 1.29 is 32.1 Å². The van der Waals surface area contributed by atoms with E-state index in [0.29, 0.717) is 18.0 Å². The number of rotatable bonds is 5. The zero-order chi connectivity index (χ0) is 19.7. The van der Waals surface area contributed by atoms with Crippen LogP contribution < -0.4 is 5.73 Å². The van der Waals surface area contributed by atoms with Crippen molar-refractivity contribution in [3.63, 3.8) is 0 Å². The Morgan fingerprint density at radius 3 is 2.23 bits per heavy atom. The molecule has 1 amide bonds. The summed E-state index contributed by atoms with van der Waals surface area (Å²) in [6, 6.07) is 10.0. The Morgan fingerprint density at radius 2 is 1.77 bits per heavy atom. The third-order valence-electron chi connectivity index (χ3n) is 2.83. The van der Waals surface area contributed by atoms with Gasteiger partial charge < -0.3 is 10.8 Å². The average molecular weight is 388 g/mol. The summed E-state index contributed by atoms with van der Waals surface area (Å²) in [7, 11) is -1.18. The van der Waals surface area contributed by atoms with E-state index in [9.17, 15) is 27.0 Å². The topological polar surface area (TPSA) is 110 Å². The highest BCUT2D eigenvalue weighted by Gasteiger charge is 2.35. The van der Waals surface area contributed by atoms with Crippen LogP contribution in [0.15, 0.2) is 48.8 Å². The van der Waals surface area contributed by atoms with E-state index in [1.165, 1.54) is 0 Å². The Bertz CT molecular complexity index is 783. The Balaban J connectivity index is 0.000000260. The van der Waals surface area contributed by atoms with E-state index in [2.05, 4.69) is 4.98 Å². The van der Waals surface area contributed by atoms with Crippen molar-refractivity contribution in [2.24, 2.45) is 5.73 Å². The first-order valence-electron chi connectivity index (χ1n) is 7.03. The number of carboxylic acid groups (broad SMARTS) is 1. The van der Waals surface area contributed by atoms with Crippen LogP contribution in [0.1, 0.15) is 21.5 Å². The number of amides is 1. The Hall–Kier alpha value is -2.75. The molecule has 0 spiro atoms. The van der Waals surface area contributed by atoms with Gasteiger partial charge in [-0.1, -0.05) is 30.3 Å². The highest BCUT2D eigenvalue weighted by Crippen LogP contribution is 2.31. The monoisotopic (exact) mass is 388 g/mol. The smallest absolute Gasteiger partial charge is 0.417 e. The molecule has 140 valence electrons. The van der Waals surface area contributed by atoms with E-state index >= 15 is 0 Å². The Morgan fingerprint density at radius 1 is 1.15 bits per heavy atom. The summed E-state index contributed by atoms with van der Waals surface area (Å²) in [4.78, 5) is 24.1. The Labute approximate surface area is 149 Å². The number of nitrogens with two attached hydrogens (primary N) is 1. The van der Waals surface area contributed by atoms with Gasteiger partial charge in [0.2, 0.25) is 5.91 Å². The highest BCUT2D eigenvalue weighted by molar-refractivity contribution is 7.84. The second kappa shape index (κ2) is 9.66. The number of aromatic nitrogens is 1. The van der Waals surface area contributed by atoms with E-state index in [0.717, 1.165) is 11.8 Å². The van der Waals surface area contributed by atoms with Gasteiger partial charge in [-0.3, -0.25) is 14.0 Å². The summed E-state index contributed by atoms with van der Waals surface area (Å²) in [5, 5.41) is 8.39. The molecule has 10 heteroatoms. The normalized spacial score (nSPS) is 11.8. The number of carbonyl (C=O) groups is 2. The van der Waals surface area contributed by atoms with E-state index < -0.39 is 40.0 Å². The average Bonchev–Trinajstić information content (AvgIpc) is 2.54. The van der Waals surface area contributed by atoms with Gasteiger partial charge in [0.25, 0.3) is 0 Å². The molecule has 0 fully saturated rings. The van der Waals surface area contributed by atoms with Gasteiger partial charge in [-0.05, 0) is 11.6 Å². The lowest BCUT2D eigenvalue weighted by molar-refractivity contribution is -0.138. The molecule has 0 saturated carbocycles. The second-order valence-corrected chi connectivity index (χ2v) is 6.36. The van der Waals surface area contributed by atoms with Gasteiger partial charge in [0.15, 0.2) is 0 Å². The predicted octanol–water partition coefficient (Wildman–Crippen LogP) is 2.22. The number of aromatic carboxylic acids is 1. The lowest BCUT2D eigenvalue weighted by Gasteiger charge is -2.08. The number of carbonyl (C=O) groups excluding carboxylic acids is 1. The van der Waals surface area contributed by atoms with Crippen LogP contribution in [0.2, 0.25) is 0 Å². The standard InChI is InChI=1S/C9H11NO2S.C7H4F3NO2/c10-9(11)7-13(12)6-8-4-2-1-3-5-8;8-7(9,10)5-1-2-11-3-4(5)6(12)13/h1-5H,6-7H2,(H2,10,11);1-3H,(H,12,13). The van der Waals surface area contributed by atoms with Crippen molar-refractivity contribution in [3.8, 4) is 0 Å². The third kappa shape index (κ3) is 7.43. The van der Waals surface area contributed by atoms with Crippen LogP contribution in [0.4, 0.5) is 13.2 Å². The fraction of sp³-hybridized carbons (Fsp3) is 0.188. The van der Waals surface area contributed by atoms with Crippen molar-refractivity contribution in [2.45, 2.75) is 11.9 Å². The quantitative estimate of drug-likeness (QED) is 0.816. The van der Waals surface area contributed by atoms with Crippen LogP contribution in [0.3, 0.4) is 0 Å². The van der Waals surface area contributed by atoms with Crippen LogP contribution in [0.25, 0.3) is 0 Å². The number of pyridine rings is 1. The maximum Gasteiger partial charge on any atom is 0.417 e. The second-order valence-electron chi connectivity index (χ2n) is 4.90. The number of benzene rings is 1. The fourth-order valence-electron chi connectivity index (χ4n) is 1.78. The molecular weight excluding hydrogens is 373 g/mol. The zero-order valence-corrected chi connectivity index (χ0v) is 14.1. The minimum absolute atomic E-state index is 0.0606.